The third-order valence-corrected chi connectivity index (χ3v) is 2.80. The molecule has 0 aliphatic heterocycles. The Labute approximate surface area is 119 Å². The summed E-state index contributed by atoms with van der Waals surface area (Å²) in [5.41, 5.74) is 1.73. The summed E-state index contributed by atoms with van der Waals surface area (Å²) in [4.78, 5) is 11.9. The molecule has 2 aromatic rings. The molecule has 0 aromatic heterocycles. The van der Waals surface area contributed by atoms with Gasteiger partial charge in [0.1, 0.15) is 11.4 Å². The van der Waals surface area contributed by atoms with E-state index in [-0.39, 0.29) is 5.56 Å². The Hall–Kier alpha value is -2.67. The van der Waals surface area contributed by atoms with Crippen LogP contribution in [0.25, 0.3) is 0 Å². The van der Waals surface area contributed by atoms with E-state index in [4.69, 9.17) is 10.6 Å². The number of hydrogen-bond donors (Lipinski definition) is 3. The number of amides is 1. The fraction of sp³-hybridized carbons (Fsp3) is 0.0714. The largest absolute Gasteiger partial charge is 0.497 e. The van der Waals surface area contributed by atoms with Crippen molar-refractivity contribution in [2.24, 2.45) is 5.84 Å². The lowest BCUT2D eigenvalue weighted by atomic mass is 10.1. The van der Waals surface area contributed by atoms with Gasteiger partial charge in [-0.3, -0.25) is 10.6 Å². The molecule has 0 unspecified atom stereocenters. The summed E-state index contributed by atoms with van der Waals surface area (Å²) in [7, 11) is 1.52. The van der Waals surface area contributed by atoms with Gasteiger partial charge in [0.05, 0.1) is 7.11 Å². The number of methoxy groups -OCH3 is 1. The number of hydrazine groups is 1. The zero-order chi connectivity index (χ0) is 15.4. The van der Waals surface area contributed by atoms with Gasteiger partial charge in [-0.2, -0.15) is 0 Å². The Morgan fingerprint density at radius 1 is 1.14 bits per heavy atom. The highest BCUT2D eigenvalue weighted by atomic mass is 19.1. The van der Waals surface area contributed by atoms with Gasteiger partial charge in [0.15, 0.2) is 11.6 Å². The lowest BCUT2D eigenvalue weighted by Crippen LogP contribution is -2.15. The zero-order valence-electron chi connectivity index (χ0n) is 11.1. The SMILES string of the molecule is COc1ccc(NC(=O)c2cc(F)c(NN)c(F)c2)cc1. The minimum Gasteiger partial charge on any atom is -0.497 e. The molecule has 0 atom stereocenters. The van der Waals surface area contributed by atoms with Crippen LogP contribution in [-0.4, -0.2) is 13.0 Å². The summed E-state index contributed by atoms with van der Waals surface area (Å²) in [6.45, 7) is 0. The fourth-order valence-electron chi connectivity index (χ4n) is 1.72. The second kappa shape index (κ2) is 6.19. The maximum absolute atomic E-state index is 13.5. The molecule has 1 amide bonds. The van der Waals surface area contributed by atoms with Crippen LogP contribution in [0.3, 0.4) is 0 Å². The lowest BCUT2D eigenvalue weighted by molar-refractivity contribution is 0.102. The second-order valence-electron chi connectivity index (χ2n) is 4.14. The van der Waals surface area contributed by atoms with Gasteiger partial charge in [-0.1, -0.05) is 0 Å². The van der Waals surface area contributed by atoms with E-state index in [9.17, 15) is 13.6 Å². The Kier molecular flexibility index (Phi) is 4.34. The number of carbonyl (C=O) groups is 1. The molecule has 0 heterocycles. The van der Waals surface area contributed by atoms with Gasteiger partial charge in [-0.15, -0.1) is 0 Å². The standard InChI is InChI=1S/C14H13F2N3O2/c1-21-10-4-2-9(3-5-10)18-14(20)8-6-11(15)13(19-17)12(16)7-8/h2-7,19H,17H2,1H3,(H,18,20). The van der Waals surface area contributed by atoms with Gasteiger partial charge in [0.25, 0.3) is 5.91 Å². The molecule has 0 spiro atoms. The second-order valence-corrected chi connectivity index (χ2v) is 4.14. The van der Waals surface area contributed by atoms with Crippen molar-refractivity contribution >= 4 is 17.3 Å². The van der Waals surface area contributed by atoms with Crippen LogP contribution < -0.4 is 21.3 Å². The van der Waals surface area contributed by atoms with E-state index in [1.165, 1.54) is 7.11 Å². The van der Waals surface area contributed by atoms with Gasteiger partial charge in [-0.05, 0) is 36.4 Å². The highest BCUT2D eigenvalue weighted by molar-refractivity contribution is 6.04. The molecule has 0 fully saturated rings. The molecule has 0 saturated heterocycles. The minimum absolute atomic E-state index is 0.153. The molecule has 2 rings (SSSR count). The third kappa shape index (κ3) is 3.26. The van der Waals surface area contributed by atoms with Crippen molar-refractivity contribution in [1.82, 2.24) is 0 Å². The van der Waals surface area contributed by atoms with Gasteiger partial charge < -0.3 is 15.5 Å². The topological polar surface area (TPSA) is 76.4 Å². The molecule has 0 bridgehead atoms. The van der Waals surface area contributed by atoms with E-state index < -0.39 is 23.2 Å². The van der Waals surface area contributed by atoms with E-state index in [0.29, 0.717) is 11.4 Å². The van der Waals surface area contributed by atoms with Crippen molar-refractivity contribution < 1.29 is 18.3 Å². The first-order valence-electron chi connectivity index (χ1n) is 5.96. The normalized spacial score (nSPS) is 10.1. The number of rotatable bonds is 4. The Morgan fingerprint density at radius 3 is 2.19 bits per heavy atom. The zero-order valence-corrected chi connectivity index (χ0v) is 11.1. The Morgan fingerprint density at radius 2 is 1.71 bits per heavy atom. The molecule has 0 saturated carbocycles. The van der Waals surface area contributed by atoms with Crippen LogP contribution in [-0.2, 0) is 0 Å². The molecule has 21 heavy (non-hydrogen) atoms. The van der Waals surface area contributed by atoms with Crippen molar-refractivity contribution in [3.05, 3.63) is 53.6 Å². The molecule has 110 valence electrons. The monoisotopic (exact) mass is 293 g/mol. The van der Waals surface area contributed by atoms with Crippen LogP contribution in [0.5, 0.6) is 5.75 Å². The van der Waals surface area contributed by atoms with Crippen molar-refractivity contribution in [3.8, 4) is 5.75 Å². The van der Waals surface area contributed by atoms with E-state index in [0.717, 1.165) is 12.1 Å². The highest BCUT2D eigenvalue weighted by Crippen LogP contribution is 2.21. The number of carbonyl (C=O) groups excluding carboxylic acids is 1. The van der Waals surface area contributed by atoms with E-state index in [1.54, 1.807) is 24.3 Å². The summed E-state index contributed by atoms with van der Waals surface area (Å²) >= 11 is 0. The Balaban J connectivity index is 2.20. The minimum atomic E-state index is -0.947. The summed E-state index contributed by atoms with van der Waals surface area (Å²) in [6, 6.07) is 8.32. The van der Waals surface area contributed by atoms with Crippen LogP contribution in [0.1, 0.15) is 10.4 Å². The predicted octanol–water partition coefficient (Wildman–Crippen LogP) is 2.51. The molecule has 0 radical (unpaired) electrons. The lowest BCUT2D eigenvalue weighted by Gasteiger charge is -2.09. The molecular weight excluding hydrogens is 280 g/mol. The first-order valence-corrected chi connectivity index (χ1v) is 5.96. The van der Waals surface area contributed by atoms with E-state index in [1.807, 2.05) is 5.43 Å². The van der Waals surface area contributed by atoms with Gasteiger partial charge in [-0.25, -0.2) is 8.78 Å². The van der Waals surface area contributed by atoms with Crippen molar-refractivity contribution in [2.75, 3.05) is 17.9 Å². The van der Waals surface area contributed by atoms with Crippen LogP contribution in [0.2, 0.25) is 0 Å². The molecule has 2 aromatic carbocycles. The predicted molar refractivity (Wildman–Crippen MR) is 75.1 cm³/mol. The summed E-state index contributed by atoms with van der Waals surface area (Å²) in [5, 5.41) is 2.52. The van der Waals surface area contributed by atoms with Crippen molar-refractivity contribution in [2.45, 2.75) is 0 Å². The maximum atomic E-state index is 13.5. The molecule has 7 heteroatoms. The van der Waals surface area contributed by atoms with E-state index >= 15 is 0 Å². The van der Waals surface area contributed by atoms with Gasteiger partial charge in [0.2, 0.25) is 0 Å². The number of hydrogen-bond acceptors (Lipinski definition) is 4. The summed E-state index contributed by atoms with van der Waals surface area (Å²) in [6.07, 6.45) is 0. The van der Waals surface area contributed by atoms with Crippen LogP contribution in [0.4, 0.5) is 20.2 Å². The Bertz CT molecular complexity index is 637. The number of benzene rings is 2. The number of anilines is 2. The van der Waals surface area contributed by atoms with Crippen LogP contribution >= 0.6 is 0 Å². The van der Waals surface area contributed by atoms with Crippen LogP contribution in [0, 0.1) is 11.6 Å². The first kappa shape index (κ1) is 14.7. The molecule has 0 aliphatic carbocycles. The molecule has 0 aliphatic rings. The third-order valence-electron chi connectivity index (χ3n) is 2.80. The fourth-order valence-corrected chi connectivity index (χ4v) is 1.72. The van der Waals surface area contributed by atoms with Gasteiger partial charge >= 0.3 is 0 Å². The van der Waals surface area contributed by atoms with Gasteiger partial charge in [0, 0.05) is 11.3 Å². The number of ether oxygens (including phenoxy) is 1. The molecular formula is C14H13F2N3O2. The number of halogens is 2. The van der Waals surface area contributed by atoms with Crippen LogP contribution in [0.15, 0.2) is 36.4 Å². The number of nitrogen functional groups attached to an aromatic ring is 1. The maximum Gasteiger partial charge on any atom is 0.255 e. The number of nitrogens with one attached hydrogen (secondary N) is 2. The summed E-state index contributed by atoms with van der Waals surface area (Å²) in [5.74, 6) is 3.08. The first-order chi connectivity index (χ1) is 10.0. The average molecular weight is 293 g/mol. The summed E-state index contributed by atoms with van der Waals surface area (Å²) < 4.78 is 32.0. The quantitative estimate of drug-likeness (QED) is 0.598. The molecule has 4 N–H and O–H groups in total. The van der Waals surface area contributed by atoms with Crippen molar-refractivity contribution in [3.63, 3.8) is 0 Å². The smallest absolute Gasteiger partial charge is 0.255 e. The van der Waals surface area contributed by atoms with Crippen molar-refractivity contribution in [1.29, 1.82) is 0 Å². The highest BCUT2D eigenvalue weighted by Gasteiger charge is 2.14. The molecule has 5 nitrogen and oxygen atoms in total. The number of nitrogens with two attached hydrogens (primary N) is 1. The average Bonchev–Trinajstić information content (AvgIpc) is 2.47. The van der Waals surface area contributed by atoms with E-state index in [2.05, 4.69) is 5.32 Å².